The van der Waals surface area contributed by atoms with Crippen molar-refractivity contribution in [1.29, 1.82) is 0 Å². The summed E-state index contributed by atoms with van der Waals surface area (Å²) in [6.07, 6.45) is 1.21. The zero-order valence-electron chi connectivity index (χ0n) is 18.4. The van der Waals surface area contributed by atoms with Gasteiger partial charge in [-0.15, -0.1) is 10.2 Å². The van der Waals surface area contributed by atoms with Crippen LogP contribution < -0.4 is 16.4 Å². The standard InChI is InChI=1S/C22H32N6O3/c1-4-24-20(29)16-10-11-28-18(12-16)26-27-19(28)17(25-21(30)22(2,3)23)14-31-13-15-8-6-5-7-9-15/h5-9,16-17H,4,10-14,23H2,1-3H3,(H,24,29)(H,25,30)/t16?,17-/m1/s1. The maximum Gasteiger partial charge on any atom is 0.240 e. The van der Waals surface area contributed by atoms with Crippen LogP contribution in [-0.4, -0.2) is 45.3 Å². The topological polar surface area (TPSA) is 124 Å². The number of benzene rings is 1. The van der Waals surface area contributed by atoms with Crippen LogP contribution in [-0.2, 0) is 33.9 Å². The first-order valence-electron chi connectivity index (χ1n) is 10.7. The summed E-state index contributed by atoms with van der Waals surface area (Å²) in [4.78, 5) is 24.8. The van der Waals surface area contributed by atoms with Gasteiger partial charge in [0.15, 0.2) is 5.82 Å². The first kappa shape index (κ1) is 22.9. The zero-order valence-corrected chi connectivity index (χ0v) is 18.4. The second-order valence-electron chi connectivity index (χ2n) is 8.46. The largest absolute Gasteiger partial charge is 0.374 e. The van der Waals surface area contributed by atoms with E-state index in [0.29, 0.717) is 38.4 Å². The Balaban J connectivity index is 1.74. The molecule has 3 rings (SSSR count). The molecule has 2 atom stereocenters. The van der Waals surface area contributed by atoms with E-state index >= 15 is 0 Å². The molecule has 2 heterocycles. The van der Waals surface area contributed by atoms with Gasteiger partial charge in [0, 0.05) is 25.4 Å². The number of ether oxygens (including phenoxy) is 1. The highest BCUT2D eigenvalue weighted by molar-refractivity contribution is 5.85. The van der Waals surface area contributed by atoms with Crippen LogP contribution in [0.5, 0.6) is 0 Å². The van der Waals surface area contributed by atoms with E-state index in [-0.39, 0.29) is 24.3 Å². The van der Waals surface area contributed by atoms with Gasteiger partial charge in [0.2, 0.25) is 11.8 Å². The van der Waals surface area contributed by atoms with Gasteiger partial charge in [-0.25, -0.2) is 0 Å². The SMILES string of the molecule is CCNC(=O)C1CCn2c(nnc2[C@@H](COCc2ccccc2)NC(=O)C(C)(C)N)C1. The number of fused-ring (bicyclic) bond motifs is 1. The molecule has 4 N–H and O–H groups in total. The maximum absolute atomic E-state index is 12.6. The zero-order chi connectivity index (χ0) is 22.4. The lowest BCUT2D eigenvalue weighted by Crippen LogP contribution is -2.51. The van der Waals surface area contributed by atoms with Crippen molar-refractivity contribution in [2.45, 2.75) is 58.3 Å². The van der Waals surface area contributed by atoms with Crippen LogP contribution in [0.1, 0.15) is 50.4 Å². The van der Waals surface area contributed by atoms with Gasteiger partial charge < -0.3 is 25.7 Å². The molecule has 1 aromatic heterocycles. The van der Waals surface area contributed by atoms with E-state index in [1.807, 2.05) is 41.8 Å². The van der Waals surface area contributed by atoms with Crippen LogP contribution in [0.15, 0.2) is 30.3 Å². The highest BCUT2D eigenvalue weighted by Crippen LogP contribution is 2.24. The van der Waals surface area contributed by atoms with Crippen LogP contribution in [0.2, 0.25) is 0 Å². The Morgan fingerprint density at radius 2 is 2.03 bits per heavy atom. The van der Waals surface area contributed by atoms with E-state index in [0.717, 1.165) is 11.4 Å². The smallest absolute Gasteiger partial charge is 0.240 e. The molecule has 0 fully saturated rings. The summed E-state index contributed by atoms with van der Waals surface area (Å²) in [6.45, 7) is 7.07. The van der Waals surface area contributed by atoms with Crippen LogP contribution >= 0.6 is 0 Å². The number of amides is 2. The molecule has 1 aliphatic heterocycles. The van der Waals surface area contributed by atoms with Gasteiger partial charge in [0.25, 0.3) is 0 Å². The van der Waals surface area contributed by atoms with Crippen molar-refractivity contribution >= 4 is 11.8 Å². The molecule has 1 unspecified atom stereocenters. The van der Waals surface area contributed by atoms with Gasteiger partial charge in [-0.3, -0.25) is 9.59 Å². The summed E-state index contributed by atoms with van der Waals surface area (Å²) >= 11 is 0. The Morgan fingerprint density at radius 1 is 1.29 bits per heavy atom. The number of rotatable bonds is 9. The third-order valence-electron chi connectivity index (χ3n) is 5.31. The van der Waals surface area contributed by atoms with Crippen LogP contribution in [0, 0.1) is 5.92 Å². The molecule has 0 saturated carbocycles. The molecule has 9 nitrogen and oxygen atoms in total. The first-order valence-corrected chi connectivity index (χ1v) is 10.7. The lowest BCUT2D eigenvalue weighted by atomic mass is 9.96. The van der Waals surface area contributed by atoms with Gasteiger partial charge in [-0.05, 0) is 32.8 Å². The average Bonchev–Trinajstić information content (AvgIpc) is 3.16. The molecule has 31 heavy (non-hydrogen) atoms. The summed E-state index contributed by atoms with van der Waals surface area (Å²) in [5.74, 6) is 0.991. The summed E-state index contributed by atoms with van der Waals surface area (Å²) in [7, 11) is 0. The molecule has 2 aromatic rings. The van der Waals surface area contributed by atoms with Gasteiger partial charge in [-0.1, -0.05) is 30.3 Å². The number of hydrogen-bond donors (Lipinski definition) is 3. The maximum atomic E-state index is 12.6. The van der Waals surface area contributed by atoms with Gasteiger partial charge >= 0.3 is 0 Å². The van der Waals surface area contributed by atoms with E-state index < -0.39 is 11.6 Å². The minimum Gasteiger partial charge on any atom is -0.374 e. The predicted octanol–water partition coefficient (Wildman–Crippen LogP) is 1.09. The van der Waals surface area contributed by atoms with Crippen molar-refractivity contribution in [3.63, 3.8) is 0 Å². The number of hydrogen-bond acceptors (Lipinski definition) is 6. The summed E-state index contributed by atoms with van der Waals surface area (Å²) in [5.41, 5.74) is 5.98. The monoisotopic (exact) mass is 428 g/mol. The van der Waals surface area contributed by atoms with Crippen molar-refractivity contribution in [1.82, 2.24) is 25.4 Å². The molecule has 0 saturated heterocycles. The highest BCUT2D eigenvalue weighted by atomic mass is 16.5. The molecular weight excluding hydrogens is 396 g/mol. The molecule has 168 valence electrons. The lowest BCUT2D eigenvalue weighted by Gasteiger charge is -2.27. The molecule has 0 radical (unpaired) electrons. The molecule has 0 aliphatic carbocycles. The summed E-state index contributed by atoms with van der Waals surface area (Å²) < 4.78 is 7.88. The molecular formula is C22H32N6O3. The fraction of sp³-hybridized carbons (Fsp3) is 0.545. The Labute approximate surface area is 182 Å². The number of aromatic nitrogens is 3. The van der Waals surface area contributed by atoms with Crippen LogP contribution in [0.25, 0.3) is 0 Å². The fourth-order valence-electron chi connectivity index (χ4n) is 3.55. The minimum absolute atomic E-state index is 0.0410. The molecule has 0 bridgehead atoms. The number of nitrogens with two attached hydrogens (primary N) is 1. The van der Waals surface area contributed by atoms with E-state index in [9.17, 15) is 9.59 Å². The van der Waals surface area contributed by atoms with Crippen molar-refractivity contribution in [2.75, 3.05) is 13.2 Å². The molecule has 1 aromatic carbocycles. The van der Waals surface area contributed by atoms with Crippen molar-refractivity contribution in [3.05, 3.63) is 47.5 Å². The molecule has 9 heteroatoms. The minimum atomic E-state index is -1.04. The Bertz CT molecular complexity index is 890. The normalized spacial score (nSPS) is 17.0. The molecule has 0 spiro atoms. The van der Waals surface area contributed by atoms with E-state index in [2.05, 4.69) is 20.8 Å². The number of nitrogens with one attached hydrogen (secondary N) is 2. The van der Waals surface area contributed by atoms with Gasteiger partial charge in [0.05, 0.1) is 18.8 Å². The van der Waals surface area contributed by atoms with Crippen LogP contribution in [0.4, 0.5) is 0 Å². The highest BCUT2D eigenvalue weighted by Gasteiger charge is 2.32. The third-order valence-corrected chi connectivity index (χ3v) is 5.31. The average molecular weight is 429 g/mol. The predicted molar refractivity (Wildman–Crippen MR) is 116 cm³/mol. The number of carbonyl (C=O) groups excluding carboxylic acids is 2. The molecule has 1 aliphatic rings. The number of nitrogens with zero attached hydrogens (tertiary/aromatic N) is 3. The Kier molecular flexibility index (Phi) is 7.40. The quantitative estimate of drug-likeness (QED) is 0.549. The van der Waals surface area contributed by atoms with Gasteiger partial charge in [0.1, 0.15) is 11.9 Å². The second kappa shape index (κ2) is 10.0. The molecule has 2 amide bonds. The fourth-order valence-corrected chi connectivity index (χ4v) is 3.55. The van der Waals surface area contributed by atoms with E-state index in [4.69, 9.17) is 10.5 Å². The summed E-state index contributed by atoms with van der Waals surface area (Å²) in [6, 6.07) is 9.32. The second-order valence-corrected chi connectivity index (χ2v) is 8.46. The van der Waals surface area contributed by atoms with Crippen LogP contribution in [0.3, 0.4) is 0 Å². The van der Waals surface area contributed by atoms with Crippen molar-refractivity contribution < 1.29 is 14.3 Å². The van der Waals surface area contributed by atoms with E-state index in [1.165, 1.54) is 0 Å². The first-order chi connectivity index (χ1) is 14.8. The lowest BCUT2D eigenvalue weighted by molar-refractivity contribution is -0.126. The van der Waals surface area contributed by atoms with Crippen molar-refractivity contribution in [3.8, 4) is 0 Å². The van der Waals surface area contributed by atoms with Crippen molar-refractivity contribution in [2.24, 2.45) is 11.7 Å². The third kappa shape index (κ3) is 5.89. The Morgan fingerprint density at radius 3 is 2.71 bits per heavy atom. The Hall–Kier alpha value is -2.78. The van der Waals surface area contributed by atoms with E-state index in [1.54, 1.807) is 13.8 Å². The number of carbonyl (C=O) groups is 2. The summed E-state index contributed by atoms with van der Waals surface area (Å²) in [5, 5.41) is 14.5. The van der Waals surface area contributed by atoms with Gasteiger partial charge in [-0.2, -0.15) is 0 Å².